The number of hydrogen-bond acceptors (Lipinski definition) is 2. The second kappa shape index (κ2) is 12.4. The summed E-state index contributed by atoms with van der Waals surface area (Å²) in [4.78, 5) is 12.1. The van der Waals surface area contributed by atoms with Crippen molar-refractivity contribution in [3.8, 4) is 5.75 Å². The maximum Gasteiger partial charge on any atom is 0.307 e. The summed E-state index contributed by atoms with van der Waals surface area (Å²) in [7, 11) is 0. The van der Waals surface area contributed by atoms with E-state index in [9.17, 15) is 15.0 Å². The summed E-state index contributed by atoms with van der Waals surface area (Å²) in [6, 6.07) is 16.7. The van der Waals surface area contributed by atoms with Crippen LogP contribution in [0.3, 0.4) is 0 Å². The Morgan fingerprint density at radius 1 is 0.947 bits per heavy atom. The van der Waals surface area contributed by atoms with Crippen molar-refractivity contribution < 1.29 is 15.0 Å². The van der Waals surface area contributed by atoms with Crippen LogP contribution in [0.5, 0.6) is 5.75 Å². The molecule has 3 nitrogen and oxygen atoms in total. The molecule has 4 atom stereocenters. The number of aliphatic carboxylic acids is 1. The van der Waals surface area contributed by atoms with E-state index in [1.807, 2.05) is 12.1 Å². The maximum atomic E-state index is 12.1. The molecule has 2 aromatic rings. The first-order chi connectivity index (χ1) is 18.5. The van der Waals surface area contributed by atoms with E-state index in [-0.39, 0.29) is 11.3 Å². The fraction of sp³-hybridized carbons (Fsp3) is 0.514. The fourth-order valence-electron chi connectivity index (χ4n) is 7.46. The average molecular weight is 513 g/mol. The lowest BCUT2D eigenvalue weighted by Gasteiger charge is -2.47. The van der Waals surface area contributed by atoms with Crippen LogP contribution in [0.1, 0.15) is 93.7 Å². The minimum absolute atomic E-state index is 0.0315. The van der Waals surface area contributed by atoms with Crippen molar-refractivity contribution in [1.29, 1.82) is 0 Å². The van der Waals surface area contributed by atoms with Crippen LogP contribution in [0.4, 0.5) is 0 Å². The molecule has 4 aliphatic rings. The number of aromatic hydroxyl groups is 1. The number of carboxylic acids is 1. The largest absolute Gasteiger partial charge is 0.508 e. The van der Waals surface area contributed by atoms with Gasteiger partial charge in [-0.1, -0.05) is 85.9 Å². The normalized spacial score (nSPS) is 26.9. The third kappa shape index (κ3) is 6.42. The lowest BCUT2D eigenvalue weighted by atomic mass is 9.57. The molecule has 0 spiro atoms. The van der Waals surface area contributed by atoms with E-state index < -0.39 is 5.97 Å². The molecule has 0 heterocycles. The molecule has 4 unspecified atom stereocenters. The van der Waals surface area contributed by atoms with Gasteiger partial charge in [0.05, 0.1) is 5.92 Å². The van der Waals surface area contributed by atoms with Gasteiger partial charge in [0.25, 0.3) is 0 Å². The van der Waals surface area contributed by atoms with Crippen molar-refractivity contribution in [1.82, 2.24) is 0 Å². The van der Waals surface area contributed by atoms with Crippen molar-refractivity contribution in [3.05, 3.63) is 89.0 Å². The number of phenols is 1. The summed E-state index contributed by atoms with van der Waals surface area (Å²) in [5, 5.41) is 20.0. The molecule has 0 saturated heterocycles. The third-order valence-electron chi connectivity index (χ3n) is 9.65. The van der Waals surface area contributed by atoms with E-state index >= 15 is 0 Å². The molecule has 0 aromatic heterocycles. The van der Waals surface area contributed by atoms with Crippen LogP contribution < -0.4 is 0 Å². The molecule has 2 aromatic carbocycles. The molecular weight excluding hydrogens is 468 g/mol. The highest BCUT2D eigenvalue weighted by Crippen LogP contribution is 2.50. The van der Waals surface area contributed by atoms with Gasteiger partial charge in [0.2, 0.25) is 0 Å². The Kier molecular flexibility index (Phi) is 8.72. The first kappa shape index (κ1) is 26.8. The maximum absolute atomic E-state index is 12.1. The summed E-state index contributed by atoms with van der Waals surface area (Å²) in [6.45, 7) is 0. The average Bonchev–Trinajstić information content (AvgIpc) is 3.43. The molecule has 6 rings (SSSR count). The second-order valence-corrected chi connectivity index (χ2v) is 12.2. The highest BCUT2D eigenvalue weighted by molar-refractivity contribution is 5.70. The highest BCUT2D eigenvalue weighted by atomic mass is 16.4. The smallest absolute Gasteiger partial charge is 0.307 e. The third-order valence-corrected chi connectivity index (χ3v) is 9.65. The summed E-state index contributed by atoms with van der Waals surface area (Å²) in [5.41, 5.74) is 5.26. The molecule has 2 N–H and O–H groups in total. The Bertz CT molecular complexity index is 1140. The number of benzene rings is 2. The van der Waals surface area contributed by atoms with Crippen LogP contribution >= 0.6 is 0 Å². The zero-order chi connectivity index (χ0) is 26.4. The molecule has 0 amide bonds. The van der Waals surface area contributed by atoms with Gasteiger partial charge in [-0.05, 0) is 105 Å². The van der Waals surface area contributed by atoms with E-state index in [0.29, 0.717) is 24.5 Å². The Labute approximate surface area is 228 Å². The summed E-state index contributed by atoms with van der Waals surface area (Å²) in [6.07, 6.45) is 22.7. The van der Waals surface area contributed by atoms with Crippen molar-refractivity contribution in [2.75, 3.05) is 0 Å². The number of rotatable bonds is 9. The van der Waals surface area contributed by atoms with Gasteiger partial charge in [0, 0.05) is 5.41 Å². The molecule has 4 bridgehead atoms. The molecule has 0 aliphatic heterocycles. The monoisotopic (exact) mass is 512 g/mol. The van der Waals surface area contributed by atoms with Gasteiger partial charge in [0.15, 0.2) is 0 Å². The van der Waals surface area contributed by atoms with Crippen LogP contribution in [0.2, 0.25) is 0 Å². The molecular formula is C35H44O3. The number of hydrogen-bond donors (Lipinski definition) is 2. The number of fused-ring (bicyclic) bond motifs is 5. The lowest BCUT2D eigenvalue weighted by Crippen LogP contribution is -2.41. The SMILES string of the molecule is O=C(O)C1CC=C2CCC(c3ccc(O)cc3)(Cc3cccc(c3)C1)C(CCCCCCC1C=CCC1)C2. The molecule has 0 radical (unpaired) electrons. The van der Waals surface area contributed by atoms with E-state index in [0.717, 1.165) is 37.2 Å². The number of phenolic OH excluding ortho intramolecular Hbond substituents is 1. The van der Waals surface area contributed by atoms with Crippen LogP contribution in [-0.2, 0) is 23.1 Å². The second-order valence-electron chi connectivity index (χ2n) is 12.2. The number of unbranched alkanes of at least 4 members (excludes halogenated alkanes) is 3. The summed E-state index contributed by atoms with van der Waals surface area (Å²) >= 11 is 0. The van der Waals surface area contributed by atoms with Gasteiger partial charge in [0.1, 0.15) is 5.75 Å². The van der Waals surface area contributed by atoms with E-state index in [1.165, 1.54) is 68.1 Å². The first-order valence-corrected chi connectivity index (χ1v) is 15.0. The highest BCUT2D eigenvalue weighted by Gasteiger charge is 2.43. The standard InChI is InChI=1S/C35H44O3/c36-33-18-16-31(17-19-33)35-21-20-27(24-32(35)13-4-2-1-3-8-26-9-5-6-10-26)14-15-30(34(37)38)23-28-11-7-12-29(22-28)25-35/h5,7,9,11-12,14,16-19,22,26,30,32,36H,1-4,6,8,10,13,15,20-21,23-25H2,(H,37,38). The van der Waals surface area contributed by atoms with Crippen LogP contribution in [0, 0.1) is 17.8 Å². The fourth-order valence-corrected chi connectivity index (χ4v) is 7.46. The molecule has 1 saturated carbocycles. The minimum atomic E-state index is -0.691. The summed E-state index contributed by atoms with van der Waals surface area (Å²) < 4.78 is 0. The Balaban J connectivity index is 1.39. The molecule has 4 aliphatic carbocycles. The zero-order valence-electron chi connectivity index (χ0n) is 22.8. The van der Waals surface area contributed by atoms with Crippen LogP contribution in [0.15, 0.2) is 72.3 Å². The van der Waals surface area contributed by atoms with E-state index in [4.69, 9.17) is 0 Å². The van der Waals surface area contributed by atoms with Crippen LogP contribution in [0.25, 0.3) is 0 Å². The van der Waals surface area contributed by atoms with Gasteiger partial charge < -0.3 is 10.2 Å². The van der Waals surface area contributed by atoms with E-state index in [1.54, 1.807) is 0 Å². The number of carbonyl (C=O) groups is 1. The number of allylic oxidation sites excluding steroid dienone is 4. The van der Waals surface area contributed by atoms with Gasteiger partial charge in [-0.2, -0.15) is 0 Å². The van der Waals surface area contributed by atoms with Gasteiger partial charge >= 0.3 is 5.97 Å². The van der Waals surface area contributed by atoms with E-state index in [2.05, 4.69) is 54.6 Å². The van der Waals surface area contributed by atoms with Gasteiger partial charge in [-0.25, -0.2) is 0 Å². The van der Waals surface area contributed by atoms with Crippen LogP contribution in [-0.4, -0.2) is 16.2 Å². The Hall–Kier alpha value is -2.81. The predicted molar refractivity (Wildman–Crippen MR) is 154 cm³/mol. The van der Waals surface area contributed by atoms with Crippen molar-refractivity contribution in [2.24, 2.45) is 17.8 Å². The van der Waals surface area contributed by atoms with Crippen molar-refractivity contribution in [2.45, 2.75) is 95.3 Å². The first-order valence-electron chi connectivity index (χ1n) is 15.0. The molecule has 202 valence electrons. The Morgan fingerprint density at radius 3 is 2.50 bits per heavy atom. The quantitative estimate of drug-likeness (QED) is 0.261. The summed E-state index contributed by atoms with van der Waals surface area (Å²) in [5.74, 6) is 0.589. The lowest BCUT2D eigenvalue weighted by molar-refractivity contribution is -0.141. The topological polar surface area (TPSA) is 57.5 Å². The van der Waals surface area contributed by atoms with Gasteiger partial charge in [-0.3, -0.25) is 4.79 Å². The molecule has 3 heteroatoms. The number of carboxylic acid groups (broad SMARTS) is 1. The predicted octanol–water partition coefficient (Wildman–Crippen LogP) is 8.55. The van der Waals surface area contributed by atoms with Crippen molar-refractivity contribution in [3.63, 3.8) is 0 Å². The Morgan fingerprint density at radius 2 is 1.74 bits per heavy atom. The van der Waals surface area contributed by atoms with Gasteiger partial charge in [-0.15, -0.1) is 0 Å². The zero-order valence-corrected chi connectivity index (χ0v) is 22.8. The molecule has 38 heavy (non-hydrogen) atoms. The molecule has 1 fully saturated rings. The van der Waals surface area contributed by atoms with Crippen molar-refractivity contribution >= 4 is 5.97 Å². The minimum Gasteiger partial charge on any atom is -0.508 e.